The molecule has 0 atom stereocenters. The Morgan fingerprint density at radius 3 is 2.58 bits per heavy atom. The van der Waals surface area contributed by atoms with Crippen molar-refractivity contribution in [1.82, 2.24) is 9.97 Å². The first-order valence-corrected chi connectivity index (χ1v) is 9.80. The summed E-state index contributed by atoms with van der Waals surface area (Å²) < 4.78 is 10.7. The lowest BCUT2D eigenvalue weighted by atomic mass is 9.98. The molecule has 0 bridgehead atoms. The molecule has 5 nitrogen and oxygen atoms in total. The highest BCUT2D eigenvalue weighted by Crippen LogP contribution is 2.34. The molecule has 4 rings (SSSR count). The van der Waals surface area contributed by atoms with Crippen LogP contribution in [0.5, 0.6) is 11.5 Å². The van der Waals surface area contributed by atoms with Gasteiger partial charge in [-0.25, -0.2) is 4.98 Å². The number of benzene rings is 1. The number of hydrogen-bond acceptors (Lipinski definition) is 5. The zero-order chi connectivity index (χ0) is 18.1. The van der Waals surface area contributed by atoms with Crippen molar-refractivity contribution in [3.8, 4) is 22.9 Å². The summed E-state index contributed by atoms with van der Waals surface area (Å²) in [5.74, 6) is 1.84. The monoisotopic (exact) mass is 370 g/mol. The van der Waals surface area contributed by atoms with Crippen molar-refractivity contribution in [1.29, 1.82) is 0 Å². The molecule has 1 aliphatic rings. The third-order valence-electron chi connectivity index (χ3n) is 4.98. The molecule has 1 N–H and O–H groups in total. The van der Waals surface area contributed by atoms with Crippen molar-refractivity contribution >= 4 is 21.6 Å². The van der Waals surface area contributed by atoms with Gasteiger partial charge in [-0.15, -0.1) is 11.3 Å². The van der Waals surface area contributed by atoms with Crippen LogP contribution in [-0.2, 0) is 12.8 Å². The molecule has 2 heterocycles. The summed E-state index contributed by atoms with van der Waals surface area (Å²) in [4.78, 5) is 22.8. The van der Waals surface area contributed by atoms with Crippen LogP contribution in [-0.4, -0.2) is 24.2 Å². The minimum atomic E-state index is -0.0436. The molecule has 1 aromatic carbocycles. The fourth-order valence-corrected chi connectivity index (χ4v) is 4.90. The number of nitrogens with zero attached hydrogens (tertiary/aromatic N) is 1. The molecular weight excluding hydrogens is 348 g/mol. The van der Waals surface area contributed by atoms with Crippen LogP contribution in [0, 0.1) is 0 Å². The van der Waals surface area contributed by atoms with E-state index in [0.717, 1.165) is 35.0 Å². The highest BCUT2D eigenvalue weighted by molar-refractivity contribution is 7.18. The predicted molar refractivity (Wildman–Crippen MR) is 105 cm³/mol. The van der Waals surface area contributed by atoms with Crippen LogP contribution >= 0.6 is 11.3 Å². The first kappa shape index (κ1) is 17.1. The summed E-state index contributed by atoms with van der Waals surface area (Å²) in [6.45, 7) is 0. The highest BCUT2D eigenvalue weighted by Gasteiger charge is 2.19. The predicted octanol–water partition coefficient (Wildman–Crippen LogP) is 4.33. The van der Waals surface area contributed by atoms with Crippen molar-refractivity contribution in [2.75, 3.05) is 14.2 Å². The Hall–Kier alpha value is -2.34. The molecule has 2 aromatic heterocycles. The molecule has 0 radical (unpaired) electrons. The van der Waals surface area contributed by atoms with E-state index in [1.807, 2.05) is 18.2 Å². The van der Waals surface area contributed by atoms with Crippen LogP contribution in [0.15, 0.2) is 23.0 Å². The van der Waals surface area contributed by atoms with E-state index in [2.05, 4.69) is 4.98 Å². The van der Waals surface area contributed by atoms with Crippen molar-refractivity contribution in [3.05, 3.63) is 39.0 Å². The van der Waals surface area contributed by atoms with Gasteiger partial charge in [-0.05, 0) is 49.4 Å². The molecule has 0 spiro atoms. The normalized spacial score (nSPS) is 14.5. The number of hydrogen-bond donors (Lipinski definition) is 1. The maximum Gasteiger partial charge on any atom is 0.260 e. The molecule has 0 fully saturated rings. The fourth-order valence-electron chi connectivity index (χ4n) is 3.64. The van der Waals surface area contributed by atoms with E-state index in [0.29, 0.717) is 17.3 Å². The van der Waals surface area contributed by atoms with Crippen LogP contribution < -0.4 is 15.0 Å². The average molecular weight is 370 g/mol. The number of fused-ring (bicyclic) bond motifs is 3. The molecule has 0 saturated carbocycles. The van der Waals surface area contributed by atoms with Gasteiger partial charge in [-0.2, -0.15) is 0 Å². The Morgan fingerprint density at radius 2 is 1.81 bits per heavy atom. The second-order valence-electron chi connectivity index (χ2n) is 6.58. The summed E-state index contributed by atoms with van der Waals surface area (Å²) in [5.41, 5.74) is 1.98. The Balaban J connectivity index is 1.84. The van der Waals surface area contributed by atoms with Gasteiger partial charge in [0.15, 0.2) is 11.5 Å². The molecular formula is C20H22N2O3S. The molecule has 3 aromatic rings. The molecule has 0 unspecified atom stereocenters. The van der Waals surface area contributed by atoms with Gasteiger partial charge in [-0.3, -0.25) is 4.79 Å². The zero-order valence-corrected chi connectivity index (χ0v) is 15.9. The van der Waals surface area contributed by atoms with Gasteiger partial charge < -0.3 is 14.5 Å². The van der Waals surface area contributed by atoms with E-state index in [1.165, 1.54) is 29.7 Å². The molecule has 1 aliphatic carbocycles. The smallest absolute Gasteiger partial charge is 0.260 e. The lowest BCUT2D eigenvalue weighted by Gasteiger charge is -2.10. The quantitative estimate of drug-likeness (QED) is 0.745. The van der Waals surface area contributed by atoms with Crippen LogP contribution in [0.4, 0.5) is 0 Å². The van der Waals surface area contributed by atoms with Gasteiger partial charge in [-0.1, -0.05) is 12.8 Å². The Bertz CT molecular complexity index is 1010. The van der Waals surface area contributed by atoms with Crippen LogP contribution in [0.1, 0.15) is 36.1 Å². The van der Waals surface area contributed by atoms with Crippen molar-refractivity contribution in [3.63, 3.8) is 0 Å². The second-order valence-corrected chi connectivity index (χ2v) is 7.67. The third-order valence-corrected chi connectivity index (χ3v) is 6.17. The Labute approximate surface area is 156 Å². The van der Waals surface area contributed by atoms with E-state index in [4.69, 9.17) is 14.5 Å². The first-order valence-electron chi connectivity index (χ1n) is 8.98. The van der Waals surface area contributed by atoms with Crippen molar-refractivity contribution in [2.45, 2.75) is 38.5 Å². The molecule has 0 amide bonds. The number of aromatic amines is 1. The Kier molecular flexibility index (Phi) is 4.68. The standard InChI is InChI=1S/C20H22N2O3S/c1-24-14-10-9-12(11-15(14)25-2)18-21-19(23)17-13-7-5-3-4-6-8-16(13)26-20(17)22-18/h9-11H,3-8H2,1-2H3,(H,21,22,23). The van der Waals surface area contributed by atoms with Crippen molar-refractivity contribution in [2.24, 2.45) is 0 Å². The van der Waals surface area contributed by atoms with Gasteiger partial charge in [0.2, 0.25) is 0 Å². The van der Waals surface area contributed by atoms with Crippen LogP contribution in [0.25, 0.3) is 21.6 Å². The van der Waals surface area contributed by atoms with E-state index >= 15 is 0 Å². The largest absolute Gasteiger partial charge is 0.493 e. The van der Waals surface area contributed by atoms with Gasteiger partial charge in [0.05, 0.1) is 19.6 Å². The lowest BCUT2D eigenvalue weighted by molar-refractivity contribution is 0.355. The van der Waals surface area contributed by atoms with E-state index in [1.54, 1.807) is 25.6 Å². The third kappa shape index (κ3) is 2.98. The molecule has 136 valence electrons. The van der Waals surface area contributed by atoms with Gasteiger partial charge in [0.1, 0.15) is 10.7 Å². The number of methoxy groups -OCH3 is 2. The second kappa shape index (κ2) is 7.11. The summed E-state index contributed by atoms with van der Waals surface area (Å²) >= 11 is 1.68. The summed E-state index contributed by atoms with van der Waals surface area (Å²) in [6.07, 6.45) is 6.90. The topological polar surface area (TPSA) is 64.2 Å². The summed E-state index contributed by atoms with van der Waals surface area (Å²) in [7, 11) is 3.20. The van der Waals surface area contributed by atoms with Crippen LogP contribution in [0.2, 0.25) is 0 Å². The molecule has 0 aliphatic heterocycles. The minimum Gasteiger partial charge on any atom is -0.493 e. The molecule has 26 heavy (non-hydrogen) atoms. The van der Waals surface area contributed by atoms with E-state index in [-0.39, 0.29) is 5.56 Å². The summed E-state index contributed by atoms with van der Waals surface area (Å²) in [6, 6.07) is 5.55. The van der Waals surface area contributed by atoms with E-state index in [9.17, 15) is 4.79 Å². The highest BCUT2D eigenvalue weighted by atomic mass is 32.1. The first-order chi connectivity index (χ1) is 12.7. The maximum absolute atomic E-state index is 12.8. The van der Waals surface area contributed by atoms with Gasteiger partial charge in [0, 0.05) is 10.4 Å². The van der Waals surface area contributed by atoms with Crippen LogP contribution in [0.3, 0.4) is 0 Å². The molecule has 6 heteroatoms. The number of nitrogens with one attached hydrogen (secondary N) is 1. The lowest BCUT2D eigenvalue weighted by Crippen LogP contribution is -2.10. The molecule has 0 saturated heterocycles. The van der Waals surface area contributed by atoms with Gasteiger partial charge in [0.25, 0.3) is 5.56 Å². The van der Waals surface area contributed by atoms with Gasteiger partial charge >= 0.3 is 0 Å². The van der Waals surface area contributed by atoms with Crippen molar-refractivity contribution < 1.29 is 9.47 Å². The maximum atomic E-state index is 12.8. The zero-order valence-electron chi connectivity index (χ0n) is 15.1. The fraction of sp³-hybridized carbons (Fsp3) is 0.400. The number of thiophene rings is 1. The average Bonchev–Trinajstić information content (AvgIpc) is 2.98. The number of aryl methyl sites for hydroxylation is 2. The van der Waals surface area contributed by atoms with E-state index < -0.39 is 0 Å². The Morgan fingerprint density at radius 1 is 1.04 bits per heavy atom. The number of ether oxygens (including phenoxy) is 2. The number of rotatable bonds is 3. The summed E-state index contributed by atoms with van der Waals surface area (Å²) in [5, 5.41) is 0.788. The number of aromatic nitrogens is 2. The minimum absolute atomic E-state index is 0.0436. The number of H-pyrrole nitrogens is 1. The SMILES string of the molecule is COc1ccc(-c2nc3sc4c(c3c(=O)[nH]2)CCCCCC4)cc1OC.